The Morgan fingerprint density at radius 3 is 2.52 bits per heavy atom. The van der Waals surface area contributed by atoms with E-state index in [2.05, 4.69) is 33.8 Å². The molecule has 0 spiro atoms. The van der Waals surface area contributed by atoms with Gasteiger partial charge in [-0.1, -0.05) is 32.0 Å². The molecular weight excluding hydrogens is 451 g/mol. The van der Waals surface area contributed by atoms with E-state index in [1.54, 1.807) is 37.4 Å². The molecule has 0 amide bonds. The molecule has 1 heterocycles. The molecule has 1 atom stereocenters. The normalized spacial score (nSPS) is 21.1. The lowest BCUT2D eigenvalue weighted by Crippen LogP contribution is -2.43. The predicted molar refractivity (Wildman–Crippen MR) is 113 cm³/mol. The summed E-state index contributed by atoms with van der Waals surface area (Å²) in [7, 11) is -1.69. The lowest BCUT2D eigenvalue weighted by atomic mass is 9.87. The van der Waals surface area contributed by atoms with Gasteiger partial charge in [0, 0.05) is 33.2 Å². The van der Waals surface area contributed by atoms with Gasteiger partial charge in [0.25, 0.3) is 0 Å². The van der Waals surface area contributed by atoms with Crippen LogP contribution in [0.1, 0.15) is 26.7 Å². The Hall–Kier alpha value is -0.870. The molecule has 1 aliphatic rings. The Bertz CT molecular complexity index is 666. The first kappa shape index (κ1) is 22.2. The van der Waals surface area contributed by atoms with Crippen LogP contribution in [0.4, 0.5) is 0 Å². The number of sulfonamides is 1. The first-order chi connectivity index (χ1) is 11.4. The van der Waals surface area contributed by atoms with Crippen LogP contribution in [0.15, 0.2) is 40.2 Å². The number of aliphatic imine (C=N–C) groups is 1. The topological polar surface area (TPSA) is 73.8 Å². The van der Waals surface area contributed by atoms with Crippen LogP contribution in [0.3, 0.4) is 0 Å². The number of nitrogens with zero attached hydrogens (tertiary/aromatic N) is 2. The van der Waals surface area contributed by atoms with Crippen LogP contribution in [-0.4, -0.2) is 52.5 Å². The summed E-state index contributed by atoms with van der Waals surface area (Å²) >= 11 is 0. The second-order valence-corrected chi connectivity index (χ2v) is 8.29. The van der Waals surface area contributed by atoms with E-state index in [0.29, 0.717) is 18.5 Å². The molecule has 0 aliphatic carbocycles. The zero-order valence-electron chi connectivity index (χ0n) is 15.2. The maximum absolute atomic E-state index is 12.1. The number of hydrogen-bond donors (Lipinski definition) is 2. The fourth-order valence-electron chi connectivity index (χ4n) is 2.87. The van der Waals surface area contributed by atoms with Crippen molar-refractivity contribution in [1.29, 1.82) is 0 Å². The van der Waals surface area contributed by atoms with Gasteiger partial charge < -0.3 is 10.2 Å². The maximum Gasteiger partial charge on any atom is 0.240 e. The molecule has 0 radical (unpaired) electrons. The third-order valence-corrected chi connectivity index (χ3v) is 6.15. The van der Waals surface area contributed by atoms with Crippen LogP contribution in [-0.2, 0) is 10.0 Å². The number of guanidine groups is 1. The van der Waals surface area contributed by atoms with Gasteiger partial charge in [0.1, 0.15) is 0 Å². The van der Waals surface area contributed by atoms with E-state index in [-0.39, 0.29) is 28.9 Å². The lowest BCUT2D eigenvalue weighted by molar-refractivity contribution is 0.322. The van der Waals surface area contributed by atoms with Crippen molar-refractivity contribution in [2.24, 2.45) is 10.4 Å². The van der Waals surface area contributed by atoms with Crippen LogP contribution in [0.5, 0.6) is 0 Å². The highest BCUT2D eigenvalue weighted by Gasteiger charge is 2.33. The summed E-state index contributed by atoms with van der Waals surface area (Å²) in [6.07, 6.45) is 2.31. The van der Waals surface area contributed by atoms with Gasteiger partial charge in [-0.3, -0.25) is 4.99 Å². The fraction of sp³-hybridized carbons (Fsp3) is 0.588. The smallest absolute Gasteiger partial charge is 0.240 e. The summed E-state index contributed by atoms with van der Waals surface area (Å²) in [6, 6.07) is 8.40. The van der Waals surface area contributed by atoms with Gasteiger partial charge in [-0.25, -0.2) is 13.1 Å². The molecule has 1 aromatic carbocycles. The minimum atomic E-state index is -3.45. The summed E-state index contributed by atoms with van der Waals surface area (Å²) in [5, 5.41) is 3.25. The Balaban J connectivity index is 0.00000312. The van der Waals surface area contributed by atoms with Crippen molar-refractivity contribution in [2.75, 3.05) is 33.2 Å². The molecule has 142 valence electrons. The third kappa shape index (κ3) is 6.10. The molecule has 6 nitrogen and oxygen atoms in total. The van der Waals surface area contributed by atoms with Gasteiger partial charge in [-0.05, 0) is 30.4 Å². The summed E-state index contributed by atoms with van der Waals surface area (Å²) in [5.41, 5.74) is 0.340. The largest absolute Gasteiger partial charge is 0.355 e. The van der Waals surface area contributed by atoms with E-state index < -0.39 is 10.0 Å². The third-order valence-electron chi connectivity index (χ3n) is 4.68. The molecule has 1 fully saturated rings. The Morgan fingerprint density at radius 2 is 1.96 bits per heavy atom. The highest BCUT2D eigenvalue weighted by molar-refractivity contribution is 14.0. The van der Waals surface area contributed by atoms with Crippen molar-refractivity contribution in [1.82, 2.24) is 14.9 Å². The van der Waals surface area contributed by atoms with Gasteiger partial charge in [-0.2, -0.15) is 0 Å². The summed E-state index contributed by atoms with van der Waals surface area (Å²) in [6.45, 7) is 7.30. The maximum atomic E-state index is 12.1. The molecule has 25 heavy (non-hydrogen) atoms. The quantitative estimate of drug-likeness (QED) is 0.284. The molecule has 0 bridgehead atoms. The average Bonchev–Trinajstić information content (AvgIpc) is 2.98. The second-order valence-electron chi connectivity index (χ2n) is 6.52. The SMILES string of the molecule is CCC1(C)CCN(C(=NC)NCCNS(=O)(=O)c2ccccc2)C1.I. The van der Waals surface area contributed by atoms with Gasteiger partial charge in [-0.15, -0.1) is 24.0 Å². The summed E-state index contributed by atoms with van der Waals surface area (Å²) in [4.78, 5) is 6.85. The Labute approximate surface area is 168 Å². The Kier molecular flexibility index (Phi) is 8.62. The molecule has 2 rings (SSSR count). The number of nitrogens with one attached hydrogen (secondary N) is 2. The lowest BCUT2D eigenvalue weighted by Gasteiger charge is -2.25. The fourth-order valence-corrected chi connectivity index (χ4v) is 3.92. The van der Waals surface area contributed by atoms with Gasteiger partial charge in [0.2, 0.25) is 10.0 Å². The summed E-state index contributed by atoms with van der Waals surface area (Å²) in [5.74, 6) is 0.839. The van der Waals surface area contributed by atoms with Crippen molar-refractivity contribution < 1.29 is 8.42 Å². The molecule has 0 saturated carbocycles. The van der Waals surface area contributed by atoms with Crippen molar-refractivity contribution in [2.45, 2.75) is 31.6 Å². The standard InChI is InChI=1S/C17H28N4O2S.HI/c1-4-17(2)10-13-21(14-17)16(18-3)19-11-12-20-24(22,23)15-8-6-5-7-9-15;/h5-9,20H,4,10-14H2,1-3H3,(H,18,19);1H. The number of likely N-dealkylation sites (tertiary alicyclic amines) is 1. The van der Waals surface area contributed by atoms with Crippen molar-refractivity contribution in [3.63, 3.8) is 0 Å². The molecule has 1 aliphatic heterocycles. The Morgan fingerprint density at radius 1 is 1.28 bits per heavy atom. The van der Waals surface area contributed by atoms with E-state index in [9.17, 15) is 8.42 Å². The predicted octanol–water partition coefficient (Wildman–Crippen LogP) is 2.28. The molecule has 1 saturated heterocycles. The van der Waals surface area contributed by atoms with Crippen LogP contribution < -0.4 is 10.0 Å². The van der Waals surface area contributed by atoms with E-state index in [0.717, 1.165) is 31.9 Å². The van der Waals surface area contributed by atoms with Gasteiger partial charge in [0.05, 0.1) is 4.90 Å². The first-order valence-electron chi connectivity index (χ1n) is 8.40. The molecular formula is C17H29IN4O2S. The number of halogens is 1. The highest BCUT2D eigenvalue weighted by atomic mass is 127. The molecule has 1 aromatic rings. The number of benzene rings is 1. The minimum Gasteiger partial charge on any atom is -0.355 e. The molecule has 2 N–H and O–H groups in total. The van der Waals surface area contributed by atoms with Crippen LogP contribution in [0.25, 0.3) is 0 Å². The molecule has 0 aromatic heterocycles. The zero-order chi connectivity index (χ0) is 17.6. The molecule has 8 heteroatoms. The zero-order valence-corrected chi connectivity index (χ0v) is 18.3. The van der Waals surface area contributed by atoms with E-state index >= 15 is 0 Å². The monoisotopic (exact) mass is 480 g/mol. The molecule has 1 unspecified atom stereocenters. The highest BCUT2D eigenvalue weighted by Crippen LogP contribution is 2.32. The summed E-state index contributed by atoms with van der Waals surface area (Å²) < 4.78 is 26.9. The number of rotatable bonds is 6. The van der Waals surface area contributed by atoms with E-state index in [1.807, 2.05) is 0 Å². The van der Waals surface area contributed by atoms with Crippen LogP contribution in [0.2, 0.25) is 0 Å². The minimum absolute atomic E-state index is 0. The van der Waals surface area contributed by atoms with E-state index in [1.165, 1.54) is 0 Å². The van der Waals surface area contributed by atoms with Crippen molar-refractivity contribution in [3.8, 4) is 0 Å². The van der Waals surface area contributed by atoms with Crippen molar-refractivity contribution in [3.05, 3.63) is 30.3 Å². The van der Waals surface area contributed by atoms with Gasteiger partial charge in [0.15, 0.2) is 5.96 Å². The first-order valence-corrected chi connectivity index (χ1v) is 9.89. The average molecular weight is 480 g/mol. The van der Waals surface area contributed by atoms with Crippen LogP contribution in [0, 0.1) is 5.41 Å². The van der Waals surface area contributed by atoms with E-state index in [4.69, 9.17) is 0 Å². The van der Waals surface area contributed by atoms with Gasteiger partial charge >= 0.3 is 0 Å². The second kappa shape index (κ2) is 9.72. The van der Waals surface area contributed by atoms with Crippen LogP contribution >= 0.6 is 24.0 Å². The van der Waals surface area contributed by atoms with Crippen molar-refractivity contribution >= 4 is 40.0 Å². The number of hydrogen-bond acceptors (Lipinski definition) is 3.